The Balaban J connectivity index is 1.55. The first kappa shape index (κ1) is 18.5. The second kappa shape index (κ2) is 8.85. The van der Waals surface area contributed by atoms with Crippen LogP contribution in [0.3, 0.4) is 0 Å². The van der Waals surface area contributed by atoms with Crippen molar-refractivity contribution < 1.29 is 4.42 Å². The van der Waals surface area contributed by atoms with Gasteiger partial charge >= 0.3 is 0 Å². The van der Waals surface area contributed by atoms with Crippen molar-refractivity contribution in [2.75, 3.05) is 0 Å². The molecule has 0 aliphatic carbocycles. The van der Waals surface area contributed by atoms with E-state index in [1.54, 1.807) is 30.5 Å². The van der Waals surface area contributed by atoms with Crippen LogP contribution < -0.4 is 10.7 Å². The van der Waals surface area contributed by atoms with Crippen LogP contribution in [0.15, 0.2) is 70.2 Å². The van der Waals surface area contributed by atoms with Crippen LogP contribution in [0.25, 0.3) is 11.3 Å². The van der Waals surface area contributed by atoms with Crippen LogP contribution in [0.5, 0.6) is 0 Å². The molecule has 3 aromatic rings. The van der Waals surface area contributed by atoms with E-state index in [1.807, 2.05) is 36.4 Å². The van der Waals surface area contributed by atoms with Crippen LogP contribution in [-0.2, 0) is 6.54 Å². The lowest BCUT2D eigenvalue weighted by atomic mass is 10.2. The van der Waals surface area contributed by atoms with Gasteiger partial charge in [0.25, 0.3) is 0 Å². The Bertz CT molecular complexity index is 926. The van der Waals surface area contributed by atoms with Crippen LogP contribution in [0.1, 0.15) is 11.3 Å². The third kappa shape index (κ3) is 5.08. The van der Waals surface area contributed by atoms with Gasteiger partial charge in [0, 0.05) is 17.1 Å². The molecule has 0 aliphatic rings. The Morgan fingerprint density at radius 3 is 2.69 bits per heavy atom. The minimum absolute atomic E-state index is 0.426. The van der Waals surface area contributed by atoms with Crippen LogP contribution in [0.4, 0.5) is 0 Å². The van der Waals surface area contributed by atoms with E-state index in [1.165, 1.54) is 0 Å². The maximum Gasteiger partial charge on any atom is 0.187 e. The average molecular weight is 404 g/mol. The van der Waals surface area contributed by atoms with Gasteiger partial charge in [-0.1, -0.05) is 53.5 Å². The van der Waals surface area contributed by atoms with Crippen LogP contribution in [0.2, 0.25) is 10.0 Å². The summed E-state index contributed by atoms with van der Waals surface area (Å²) in [5.41, 5.74) is 4.62. The van der Waals surface area contributed by atoms with E-state index in [0.29, 0.717) is 33.2 Å². The van der Waals surface area contributed by atoms with Crippen molar-refractivity contribution in [3.63, 3.8) is 0 Å². The van der Waals surface area contributed by atoms with Crippen molar-refractivity contribution in [2.24, 2.45) is 5.10 Å². The highest BCUT2D eigenvalue weighted by Gasteiger charge is 2.08. The minimum Gasteiger partial charge on any atom is -0.455 e. The molecule has 0 atom stereocenters. The number of thiocarbonyl (C=S) groups is 1. The van der Waals surface area contributed by atoms with Gasteiger partial charge in [0.2, 0.25) is 0 Å². The smallest absolute Gasteiger partial charge is 0.187 e. The number of furan rings is 1. The summed E-state index contributed by atoms with van der Waals surface area (Å²) in [6.45, 7) is 0.625. The largest absolute Gasteiger partial charge is 0.455 e. The van der Waals surface area contributed by atoms with Gasteiger partial charge in [0.1, 0.15) is 11.5 Å². The topological polar surface area (TPSA) is 49.6 Å². The van der Waals surface area contributed by atoms with Crippen molar-refractivity contribution in [1.82, 2.24) is 10.7 Å². The highest BCUT2D eigenvalue weighted by Crippen LogP contribution is 2.31. The molecule has 7 heteroatoms. The lowest BCUT2D eigenvalue weighted by Gasteiger charge is -2.06. The molecule has 1 heterocycles. The molecule has 0 saturated heterocycles. The van der Waals surface area contributed by atoms with Crippen molar-refractivity contribution in [1.29, 1.82) is 0 Å². The Kier molecular flexibility index (Phi) is 6.28. The summed E-state index contributed by atoms with van der Waals surface area (Å²) in [6, 6.07) is 18.8. The zero-order valence-electron chi connectivity index (χ0n) is 13.6. The molecular formula is C19H15Cl2N3OS. The quantitative estimate of drug-likeness (QED) is 0.346. The molecule has 0 saturated carbocycles. The Labute approximate surface area is 166 Å². The highest BCUT2D eigenvalue weighted by molar-refractivity contribution is 7.80. The standard InChI is InChI=1S/C19H15Cl2N3OS/c20-14-6-8-17(21)16(10-14)18-9-7-15(25-18)12-23-24-19(26)22-11-13-4-2-1-3-5-13/h1-10,12H,11H2,(H2,22,24,26)/b23-12-. The van der Waals surface area contributed by atoms with E-state index < -0.39 is 0 Å². The number of hydrogen-bond acceptors (Lipinski definition) is 3. The van der Waals surface area contributed by atoms with Crippen molar-refractivity contribution in [2.45, 2.75) is 6.54 Å². The van der Waals surface area contributed by atoms with E-state index >= 15 is 0 Å². The average Bonchev–Trinajstić information content (AvgIpc) is 3.11. The summed E-state index contributed by atoms with van der Waals surface area (Å²) in [5.74, 6) is 1.18. The Hall–Kier alpha value is -2.34. The summed E-state index contributed by atoms with van der Waals surface area (Å²) in [7, 11) is 0. The molecule has 0 radical (unpaired) electrons. The van der Waals surface area contributed by atoms with Crippen molar-refractivity contribution >= 4 is 46.7 Å². The molecule has 0 fully saturated rings. The molecule has 132 valence electrons. The summed E-state index contributed by atoms with van der Waals surface area (Å²) >= 11 is 17.4. The molecule has 0 aliphatic heterocycles. The maximum atomic E-state index is 6.18. The molecule has 1 aromatic heterocycles. The zero-order valence-corrected chi connectivity index (χ0v) is 15.9. The van der Waals surface area contributed by atoms with Crippen LogP contribution in [0, 0.1) is 0 Å². The number of benzene rings is 2. The molecule has 0 unspecified atom stereocenters. The van der Waals surface area contributed by atoms with Crippen LogP contribution >= 0.6 is 35.4 Å². The van der Waals surface area contributed by atoms with E-state index in [2.05, 4.69) is 15.8 Å². The van der Waals surface area contributed by atoms with Gasteiger partial charge in [0.05, 0.1) is 11.2 Å². The normalized spacial score (nSPS) is 10.8. The SMILES string of the molecule is S=C(NCc1ccccc1)N/N=C\c1ccc(-c2cc(Cl)ccc2Cl)o1. The molecule has 26 heavy (non-hydrogen) atoms. The predicted octanol–water partition coefficient (Wildman–Crippen LogP) is 5.25. The minimum atomic E-state index is 0.426. The van der Waals surface area contributed by atoms with Gasteiger partial charge in [-0.25, -0.2) is 0 Å². The monoisotopic (exact) mass is 403 g/mol. The Morgan fingerprint density at radius 2 is 1.88 bits per heavy atom. The molecule has 0 spiro atoms. The van der Waals surface area contributed by atoms with E-state index in [0.717, 1.165) is 11.1 Å². The molecule has 2 N–H and O–H groups in total. The van der Waals surface area contributed by atoms with Gasteiger partial charge in [0.15, 0.2) is 5.11 Å². The first-order chi connectivity index (χ1) is 12.6. The second-order valence-corrected chi connectivity index (χ2v) is 6.62. The summed E-state index contributed by atoms with van der Waals surface area (Å²) < 4.78 is 5.72. The van der Waals surface area contributed by atoms with E-state index in [-0.39, 0.29) is 0 Å². The van der Waals surface area contributed by atoms with Crippen molar-refractivity contribution in [3.8, 4) is 11.3 Å². The molecular weight excluding hydrogens is 389 g/mol. The van der Waals surface area contributed by atoms with Gasteiger partial charge in [-0.2, -0.15) is 5.10 Å². The lowest BCUT2D eigenvalue weighted by molar-refractivity contribution is 0.574. The Morgan fingerprint density at radius 1 is 1.08 bits per heavy atom. The number of hydrazone groups is 1. The first-order valence-corrected chi connectivity index (χ1v) is 8.94. The molecule has 0 amide bonds. The fourth-order valence-electron chi connectivity index (χ4n) is 2.23. The summed E-state index contributed by atoms with van der Waals surface area (Å²) in [4.78, 5) is 0. The molecule has 3 rings (SSSR count). The molecule has 4 nitrogen and oxygen atoms in total. The zero-order chi connectivity index (χ0) is 18.4. The summed E-state index contributed by atoms with van der Waals surface area (Å²) in [5, 5.41) is 8.73. The number of nitrogens with zero attached hydrogens (tertiary/aromatic N) is 1. The van der Waals surface area contributed by atoms with Crippen LogP contribution in [-0.4, -0.2) is 11.3 Å². The van der Waals surface area contributed by atoms with Gasteiger partial charge in [-0.15, -0.1) is 0 Å². The maximum absolute atomic E-state index is 6.18. The van der Waals surface area contributed by atoms with Gasteiger partial charge in [-0.05, 0) is 48.1 Å². The molecule has 0 bridgehead atoms. The van der Waals surface area contributed by atoms with Gasteiger partial charge in [-0.3, -0.25) is 5.43 Å². The fourth-order valence-corrected chi connectivity index (χ4v) is 2.73. The number of halogens is 2. The van der Waals surface area contributed by atoms with Crippen molar-refractivity contribution in [3.05, 3.63) is 82.0 Å². The third-order valence-electron chi connectivity index (χ3n) is 3.47. The lowest BCUT2D eigenvalue weighted by Crippen LogP contribution is -2.31. The predicted molar refractivity (Wildman–Crippen MR) is 111 cm³/mol. The van der Waals surface area contributed by atoms with E-state index in [9.17, 15) is 0 Å². The fraction of sp³-hybridized carbons (Fsp3) is 0.0526. The number of hydrogen-bond donors (Lipinski definition) is 2. The van der Waals surface area contributed by atoms with Gasteiger partial charge < -0.3 is 9.73 Å². The second-order valence-electron chi connectivity index (χ2n) is 5.36. The van der Waals surface area contributed by atoms with E-state index in [4.69, 9.17) is 39.8 Å². The highest BCUT2D eigenvalue weighted by atomic mass is 35.5. The molecule has 2 aromatic carbocycles. The number of rotatable bonds is 5. The summed E-state index contributed by atoms with van der Waals surface area (Å²) in [6.07, 6.45) is 1.54. The third-order valence-corrected chi connectivity index (χ3v) is 4.27. The first-order valence-electron chi connectivity index (χ1n) is 7.78. The number of nitrogens with one attached hydrogen (secondary N) is 2.